The second-order valence-corrected chi connectivity index (χ2v) is 4.37. The van der Waals surface area contributed by atoms with Crippen molar-refractivity contribution in [1.29, 1.82) is 0 Å². The second-order valence-electron chi connectivity index (χ2n) is 4.37. The molecule has 0 aromatic heterocycles. The fourth-order valence-corrected chi connectivity index (χ4v) is 2.42. The summed E-state index contributed by atoms with van der Waals surface area (Å²) < 4.78 is 0. The van der Waals surface area contributed by atoms with E-state index in [1.807, 2.05) is 0 Å². The molecule has 1 aliphatic carbocycles. The smallest absolute Gasteiger partial charge is 0.0380 e. The van der Waals surface area contributed by atoms with Crippen molar-refractivity contribution < 1.29 is 0 Å². The first-order chi connectivity index (χ1) is 6.22. The van der Waals surface area contributed by atoms with E-state index in [1.165, 1.54) is 16.8 Å². The van der Waals surface area contributed by atoms with Crippen molar-refractivity contribution in [3.05, 3.63) is 29.3 Å². The van der Waals surface area contributed by atoms with E-state index in [4.69, 9.17) is 5.73 Å². The Morgan fingerprint density at radius 2 is 2.31 bits per heavy atom. The first-order valence-electron chi connectivity index (χ1n) is 4.83. The summed E-state index contributed by atoms with van der Waals surface area (Å²) in [7, 11) is 0. The van der Waals surface area contributed by atoms with Gasteiger partial charge in [-0.05, 0) is 25.0 Å². The van der Waals surface area contributed by atoms with Gasteiger partial charge in [-0.15, -0.1) is 0 Å². The Balaban J connectivity index is 2.15. The van der Waals surface area contributed by atoms with E-state index in [2.05, 4.69) is 30.4 Å². The van der Waals surface area contributed by atoms with Gasteiger partial charge in [0.15, 0.2) is 0 Å². The average molecular weight is 174 g/mol. The molecule has 0 amide bonds. The van der Waals surface area contributed by atoms with Gasteiger partial charge in [0, 0.05) is 23.7 Å². The molecule has 1 aromatic rings. The molecule has 0 saturated heterocycles. The molecule has 2 heteroatoms. The zero-order valence-corrected chi connectivity index (χ0v) is 7.80. The van der Waals surface area contributed by atoms with Crippen molar-refractivity contribution in [2.24, 2.45) is 5.73 Å². The summed E-state index contributed by atoms with van der Waals surface area (Å²) in [5.74, 6) is 0. The fraction of sp³-hybridized carbons (Fsp3) is 0.455. The molecular formula is C11H14N2. The molecule has 1 saturated carbocycles. The number of anilines is 1. The van der Waals surface area contributed by atoms with Gasteiger partial charge in [0.05, 0.1) is 0 Å². The Kier molecular flexibility index (Phi) is 1.18. The summed E-state index contributed by atoms with van der Waals surface area (Å²) in [6.07, 6.45) is 1.15. The molecule has 1 heterocycles. The summed E-state index contributed by atoms with van der Waals surface area (Å²) >= 11 is 0. The standard InChI is InChI=1S/C11H14N2/c1-7-2-3-9-8(4-7)11(6-13-9)5-10(11)12/h2-4,10,13H,5-6,12H2,1H3. The maximum absolute atomic E-state index is 5.99. The van der Waals surface area contributed by atoms with E-state index in [0.717, 1.165) is 13.0 Å². The highest BCUT2D eigenvalue weighted by Gasteiger charge is 2.56. The maximum Gasteiger partial charge on any atom is 0.0380 e. The van der Waals surface area contributed by atoms with E-state index < -0.39 is 0 Å². The highest BCUT2D eigenvalue weighted by molar-refractivity contribution is 5.65. The number of hydrogen-bond donors (Lipinski definition) is 2. The Bertz CT molecular complexity index is 372. The van der Waals surface area contributed by atoms with Crippen LogP contribution in [-0.4, -0.2) is 12.6 Å². The topological polar surface area (TPSA) is 38.0 Å². The molecule has 2 nitrogen and oxygen atoms in total. The van der Waals surface area contributed by atoms with Crippen molar-refractivity contribution in [2.75, 3.05) is 11.9 Å². The zero-order chi connectivity index (χ0) is 9.05. The molecule has 2 atom stereocenters. The van der Waals surface area contributed by atoms with E-state index in [0.29, 0.717) is 11.5 Å². The second kappa shape index (κ2) is 2.07. The third-order valence-electron chi connectivity index (χ3n) is 3.44. The molecule has 13 heavy (non-hydrogen) atoms. The first-order valence-corrected chi connectivity index (χ1v) is 4.83. The Morgan fingerprint density at radius 3 is 3.00 bits per heavy atom. The van der Waals surface area contributed by atoms with Crippen LogP contribution in [0.2, 0.25) is 0 Å². The van der Waals surface area contributed by atoms with Crippen molar-refractivity contribution in [2.45, 2.75) is 24.8 Å². The van der Waals surface area contributed by atoms with Gasteiger partial charge in [-0.3, -0.25) is 0 Å². The SMILES string of the molecule is Cc1ccc2c(c1)C1(CN2)CC1N. The summed E-state index contributed by atoms with van der Waals surface area (Å²) in [5.41, 5.74) is 10.3. The molecule has 2 aliphatic rings. The van der Waals surface area contributed by atoms with E-state index in [9.17, 15) is 0 Å². The van der Waals surface area contributed by atoms with Gasteiger partial charge < -0.3 is 11.1 Å². The Labute approximate surface area is 78.1 Å². The molecular weight excluding hydrogens is 160 g/mol. The number of hydrogen-bond acceptors (Lipinski definition) is 2. The summed E-state index contributed by atoms with van der Waals surface area (Å²) in [6.45, 7) is 3.17. The number of nitrogens with two attached hydrogens (primary N) is 1. The number of nitrogens with one attached hydrogen (secondary N) is 1. The van der Waals surface area contributed by atoms with Crippen molar-refractivity contribution in [3.63, 3.8) is 0 Å². The molecule has 1 aromatic carbocycles. The van der Waals surface area contributed by atoms with Crippen molar-refractivity contribution in [3.8, 4) is 0 Å². The van der Waals surface area contributed by atoms with E-state index in [-0.39, 0.29) is 0 Å². The quantitative estimate of drug-likeness (QED) is 0.623. The van der Waals surface area contributed by atoms with Gasteiger partial charge in [0.2, 0.25) is 0 Å². The molecule has 3 N–H and O–H groups in total. The first kappa shape index (κ1) is 7.39. The van der Waals surface area contributed by atoms with Crippen LogP contribution in [0.3, 0.4) is 0 Å². The molecule has 1 aliphatic heterocycles. The average Bonchev–Trinajstić information content (AvgIpc) is 2.61. The Morgan fingerprint density at radius 1 is 1.54 bits per heavy atom. The maximum atomic E-state index is 5.99. The van der Waals surface area contributed by atoms with E-state index in [1.54, 1.807) is 0 Å². The fourth-order valence-electron chi connectivity index (χ4n) is 2.42. The molecule has 2 unspecified atom stereocenters. The number of rotatable bonds is 0. The lowest BCUT2D eigenvalue weighted by atomic mass is 9.96. The van der Waals surface area contributed by atoms with Crippen LogP contribution in [0.15, 0.2) is 18.2 Å². The Hall–Kier alpha value is -1.02. The van der Waals surface area contributed by atoms with Crippen molar-refractivity contribution >= 4 is 5.69 Å². The summed E-state index contributed by atoms with van der Waals surface area (Å²) in [6, 6.07) is 6.98. The molecule has 1 fully saturated rings. The monoisotopic (exact) mass is 174 g/mol. The van der Waals surface area contributed by atoms with Crippen LogP contribution in [0.1, 0.15) is 17.5 Å². The molecule has 0 bridgehead atoms. The van der Waals surface area contributed by atoms with Crippen LogP contribution in [0.5, 0.6) is 0 Å². The van der Waals surface area contributed by atoms with E-state index >= 15 is 0 Å². The van der Waals surface area contributed by atoms with Crippen LogP contribution in [0, 0.1) is 6.92 Å². The minimum Gasteiger partial charge on any atom is -0.384 e. The minimum atomic E-state index is 0.293. The summed E-state index contributed by atoms with van der Waals surface area (Å²) in [5, 5.41) is 3.43. The highest BCUT2D eigenvalue weighted by Crippen LogP contribution is 2.53. The van der Waals surface area contributed by atoms with Crippen LogP contribution < -0.4 is 11.1 Å². The normalized spacial score (nSPS) is 34.5. The van der Waals surface area contributed by atoms with Crippen LogP contribution in [0.4, 0.5) is 5.69 Å². The third kappa shape index (κ3) is 0.814. The van der Waals surface area contributed by atoms with Gasteiger partial charge >= 0.3 is 0 Å². The predicted octanol–water partition coefficient (Wildman–Crippen LogP) is 1.39. The number of fused-ring (bicyclic) bond motifs is 2. The lowest BCUT2D eigenvalue weighted by Gasteiger charge is -2.07. The van der Waals surface area contributed by atoms with Crippen LogP contribution >= 0.6 is 0 Å². The minimum absolute atomic E-state index is 0.293. The van der Waals surface area contributed by atoms with Crippen LogP contribution in [0.25, 0.3) is 0 Å². The van der Waals surface area contributed by atoms with Crippen LogP contribution in [-0.2, 0) is 5.41 Å². The lowest BCUT2D eigenvalue weighted by Crippen LogP contribution is -2.20. The van der Waals surface area contributed by atoms with Crippen molar-refractivity contribution in [1.82, 2.24) is 0 Å². The molecule has 68 valence electrons. The molecule has 3 rings (SSSR count). The molecule has 0 radical (unpaired) electrons. The van der Waals surface area contributed by atoms with Gasteiger partial charge in [-0.2, -0.15) is 0 Å². The lowest BCUT2D eigenvalue weighted by molar-refractivity contribution is 0.733. The van der Waals surface area contributed by atoms with Gasteiger partial charge in [0.1, 0.15) is 0 Å². The predicted molar refractivity (Wildman–Crippen MR) is 53.9 cm³/mol. The number of benzene rings is 1. The van der Waals surface area contributed by atoms with Gasteiger partial charge in [-0.25, -0.2) is 0 Å². The van der Waals surface area contributed by atoms with Gasteiger partial charge in [0.25, 0.3) is 0 Å². The highest BCUT2D eigenvalue weighted by atomic mass is 15.0. The third-order valence-corrected chi connectivity index (χ3v) is 3.44. The number of aryl methyl sites for hydroxylation is 1. The largest absolute Gasteiger partial charge is 0.384 e. The molecule has 1 spiro atoms. The zero-order valence-electron chi connectivity index (χ0n) is 7.80. The summed E-state index contributed by atoms with van der Waals surface area (Å²) in [4.78, 5) is 0. The van der Waals surface area contributed by atoms with Gasteiger partial charge in [-0.1, -0.05) is 17.7 Å².